The molecule has 2 aromatic heterocycles. The number of ether oxygens (including phenoxy) is 2. The van der Waals surface area contributed by atoms with E-state index >= 15 is 0 Å². The fraction of sp³-hybridized carbons (Fsp3) is 0.538. The van der Waals surface area contributed by atoms with E-state index in [0.717, 1.165) is 0 Å². The van der Waals surface area contributed by atoms with E-state index < -0.39 is 53.4 Å². The first-order valence-electron chi connectivity index (χ1n) is 13.6. The summed E-state index contributed by atoms with van der Waals surface area (Å²) in [6.07, 6.45) is 3.01. The first-order valence-corrected chi connectivity index (χ1v) is 17.4. The molecule has 0 saturated heterocycles. The predicted octanol–water partition coefficient (Wildman–Crippen LogP) is -0.148. The number of nitrogens with one attached hydrogen (secondary N) is 3. The van der Waals surface area contributed by atoms with Gasteiger partial charge in [-0.3, -0.25) is 0 Å². The van der Waals surface area contributed by atoms with E-state index in [1.807, 2.05) is 0 Å². The average Bonchev–Trinajstić information content (AvgIpc) is 3.62. The Bertz CT molecular complexity index is 1450. The monoisotopic (exact) mass is 675 g/mol. The van der Waals surface area contributed by atoms with Crippen LogP contribution in [0.15, 0.2) is 55.9 Å². The number of quaternary nitrogens is 1. The molecule has 232 valence electrons. The van der Waals surface area contributed by atoms with Crippen LogP contribution >= 0.6 is 6.29 Å². The number of aromatic nitrogens is 4. The normalized spacial score (nSPS) is 21.6. The Morgan fingerprint density at radius 1 is 0.786 bits per heavy atom. The number of rotatable bonds is 11. The summed E-state index contributed by atoms with van der Waals surface area (Å²) in [4.78, 5) is 53.2. The van der Waals surface area contributed by atoms with Gasteiger partial charge in [0, 0.05) is 0 Å². The van der Waals surface area contributed by atoms with Gasteiger partial charge in [0.25, 0.3) is 0 Å². The summed E-state index contributed by atoms with van der Waals surface area (Å²) in [6, 6.07) is 0. The number of aryl methyl sites for hydroxylation is 2. The first-order chi connectivity index (χ1) is 19.9. The molecule has 4 heterocycles. The molecule has 0 spiro atoms. The molecule has 0 unspecified atom stereocenters. The van der Waals surface area contributed by atoms with Crippen LogP contribution in [-0.2, 0) is 23.1 Å². The van der Waals surface area contributed by atoms with Gasteiger partial charge in [0.15, 0.2) is 0 Å². The summed E-state index contributed by atoms with van der Waals surface area (Å²) in [5, 5.41) is 0. The van der Waals surface area contributed by atoms with Gasteiger partial charge in [-0.2, -0.15) is 0 Å². The van der Waals surface area contributed by atoms with Crippen molar-refractivity contribution < 1.29 is 28.0 Å². The second-order valence-corrected chi connectivity index (χ2v) is 13.9. The molecule has 0 fully saturated rings. The molecular weight excluding hydrogens is 636 g/mol. The van der Waals surface area contributed by atoms with E-state index in [1.165, 1.54) is 41.2 Å². The molecule has 14 nitrogen and oxygen atoms in total. The van der Waals surface area contributed by atoms with Gasteiger partial charge in [0.05, 0.1) is 19.6 Å². The van der Waals surface area contributed by atoms with Gasteiger partial charge < -0.3 is 4.90 Å². The summed E-state index contributed by atoms with van der Waals surface area (Å²) in [6.45, 7) is 13.4. The number of nitrogens with zero attached hydrogens (tertiary/aromatic N) is 2. The van der Waals surface area contributed by atoms with Crippen molar-refractivity contribution in [2.75, 3.05) is 32.8 Å². The molecule has 0 bridgehead atoms. The van der Waals surface area contributed by atoms with Crippen LogP contribution in [0.2, 0.25) is 0 Å². The van der Waals surface area contributed by atoms with Crippen LogP contribution in [0.5, 0.6) is 0 Å². The van der Waals surface area contributed by atoms with Crippen molar-refractivity contribution in [1.82, 2.24) is 19.1 Å². The average molecular weight is 675 g/mol. The van der Waals surface area contributed by atoms with Crippen LogP contribution in [0.25, 0.3) is 0 Å². The van der Waals surface area contributed by atoms with Crippen LogP contribution in [0.3, 0.4) is 0 Å². The van der Waals surface area contributed by atoms with Gasteiger partial charge in [-0.05, 0) is 20.8 Å². The van der Waals surface area contributed by atoms with Gasteiger partial charge in [-0.25, -0.2) is 0 Å². The maximum absolute atomic E-state index is 12.7. The molecule has 42 heavy (non-hydrogen) atoms. The van der Waals surface area contributed by atoms with Crippen molar-refractivity contribution in [3.8, 4) is 0 Å². The maximum atomic E-state index is 12.7. The quantitative estimate of drug-likeness (QED) is 0.167. The zero-order valence-electron chi connectivity index (χ0n) is 24.2. The molecule has 0 radical (unpaired) electrons. The second kappa shape index (κ2) is 15.2. The Morgan fingerprint density at radius 2 is 1.17 bits per heavy atom. The summed E-state index contributed by atoms with van der Waals surface area (Å²) in [5.41, 5.74) is -1.46. The van der Waals surface area contributed by atoms with E-state index in [1.54, 1.807) is 43.1 Å². The Labute approximate surface area is 250 Å². The minimum absolute atomic E-state index is 0.121. The molecule has 3 N–H and O–H groups in total. The molecule has 0 saturated carbocycles. The van der Waals surface area contributed by atoms with Crippen LogP contribution in [0, 0.1) is 13.8 Å². The van der Waals surface area contributed by atoms with Gasteiger partial charge in [-0.1, -0.05) is 0 Å². The van der Waals surface area contributed by atoms with Crippen molar-refractivity contribution >= 4 is 21.9 Å². The first kappa shape index (κ1) is 33.9. The third kappa shape index (κ3) is 9.19. The van der Waals surface area contributed by atoms with Gasteiger partial charge in [0.1, 0.15) is 0 Å². The van der Waals surface area contributed by atoms with E-state index in [4.69, 9.17) is 18.5 Å². The van der Waals surface area contributed by atoms with Crippen molar-refractivity contribution in [1.29, 1.82) is 0 Å². The molecule has 16 heteroatoms. The zero-order chi connectivity index (χ0) is 31.0. The van der Waals surface area contributed by atoms with E-state index in [9.17, 15) is 23.7 Å². The number of H-pyrrole nitrogens is 2. The molecule has 0 aromatic carbocycles. The fourth-order valence-electron chi connectivity index (χ4n) is 4.15. The van der Waals surface area contributed by atoms with Gasteiger partial charge in [0.2, 0.25) is 0 Å². The Morgan fingerprint density at radius 3 is 1.50 bits per heavy atom. The van der Waals surface area contributed by atoms with Crippen molar-refractivity contribution in [3.05, 3.63) is 89.5 Å². The number of hydrogen-bond donors (Lipinski definition) is 3. The van der Waals surface area contributed by atoms with Gasteiger partial charge in [-0.15, -0.1) is 0 Å². The number of aromatic amines is 2. The minimum atomic E-state index is -3.61. The van der Waals surface area contributed by atoms with E-state index in [0.29, 0.717) is 11.1 Å². The third-order valence-corrected chi connectivity index (χ3v) is 9.00. The van der Waals surface area contributed by atoms with Crippen LogP contribution in [0.1, 0.15) is 44.4 Å². The molecule has 2 aliphatic rings. The fourth-order valence-corrected chi connectivity index (χ4v) is 5.65. The summed E-state index contributed by atoms with van der Waals surface area (Å²) in [7, 11) is 0. The molecule has 0 amide bonds. The molecule has 2 aliphatic heterocycles. The summed E-state index contributed by atoms with van der Waals surface area (Å²) < 4.78 is 37.3. The SMILES string of the molecule is CC[NH+](CC)CC.Cc1cn([C@H]2C=C[C@@H](COP(=O)([Se-])OC[C@@H]3C=C[C@H](n4cc(C)c(=O)[nH]c4=O)O3)O2)c(=O)[nH]c1=O. The second-order valence-electron chi connectivity index (χ2n) is 9.71. The van der Waals surface area contributed by atoms with Crippen LogP contribution in [0.4, 0.5) is 0 Å². The van der Waals surface area contributed by atoms with Crippen LogP contribution < -0.4 is 27.4 Å². The van der Waals surface area contributed by atoms with Crippen molar-refractivity contribution in [2.24, 2.45) is 0 Å². The van der Waals surface area contributed by atoms with Gasteiger partial charge >= 0.3 is 205 Å². The van der Waals surface area contributed by atoms with Crippen molar-refractivity contribution in [2.45, 2.75) is 59.3 Å². The predicted molar refractivity (Wildman–Crippen MR) is 156 cm³/mol. The third-order valence-electron chi connectivity index (χ3n) is 6.74. The molecule has 2 aromatic rings. The Balaban J connectivity index is 0.000000616. The van der Waals surface area contributed by atoms with E-state index in [2.05, 4.69) is 46.3 Å². The summed E-state index contributed by atoms with van der Waals surface area (Å²) >= 11 is 2.39. The molecule has 4 rings (SSSR count). The Kier molecular flexibility index (Phi) is 12.3. The number of hydrogen-bond acceptors (Lipinski definition) is 9. The molecular formula is C26H38N5O9PSe. The summed E-state index contributed by atoms with van der Waals surface area (Å²) in [5.74, 6) is 0. The standard InChI is InChI=1S/C20H23N4O9PSe.C6H15N/c1-11-7-23(19(27)21-17(11)25)15-5-3-13(32-15)9-30-34(29,35)31-10-14-4-6-16(33-14)24-8-12(2)18(26)22-20(24)28;1-4-7(5-2)6-3/h3-8,13-16H,9-10H2,1-2H3,(H,29,35)(H,21,25,27)(H,22,26,28);4-6H2,1-3H3/t13-,14-,15+,16+;/m0./s1. The molecule has 0 aliphatic carbocycles. The molecule has 4 atom stereocenters. The van der Waals surface area contributed by atoms with Crippen LogP contribution in [-0.4, -0.2) is 79.7 Å². The zero-order valence-corrected chi connectivity index (χ0v) is 26.8. The Hall–Kier alpha value is -2.61. The van der Waals surface area contributed by atoms with Crippen molar-refractivity contribution in [3.63, 3.8) is 0 Å². The topological polar surface area (TPSA) is 168 Å². The van der Waals surface area contributed by atoms with E-state index in [-0.39, 0.29) is 13.2 Å².